The second-order valence-electron chi connectivity index (χ2n) is 10.1. The number of hydrogen-bond donors (Lipinski definition) is 7. The topological polar surface area (TPSA) is 196 Å². The monoisotopic (exact) mass is 682 g/mol. The van der Waals surface area contributed by atoms with Crippen LogP contribution in [-0.4, -0.2) is 121 Å². The summed E-state index contributed by atoms with van der Waals surface area (Å²) in [5.74, 6) is 0.736. The zero-order valence-corrected chi connectivity index (χ0v) is 24.9. The summed E-state index contributed by atoms with van der Waals surface area (Å²) in [4.78, 5) is 56.4. The minimum Gasteiger partial charge on any atom is -0.481 e. The summed E-state index contributed by atoms with van der Waals surface area (Å²) in [6.07, 6.45) is 2.93. The van der Waals surface area contributed by atoms with E-state index in [9.17, 15) is 24.0 Å². The summed E-state index contributed by atoms with van der Waals surface area (Å²) in [5.41, 5.74) is 0. The molecule has 0 spiro atoms. The summed E-state index contributed by atoms with van der Waals surface area (Å²) < 4.78 is 10.5. The zero-order valence-electron chi connectivity index (χ0n) is 23.3. The van der Waals surface area contributed by atoms with Gasteiger partial charge >= 0.3 is 18.0 Å². The number of thioether (sulfide) groups is 2. The lowest BCUT2D eigenvalue weighted by Gasteiger charge is -2.16. The fourth-order valence-corrected chi connectivity index (χ4v) is 7.74. The molecule has 6 atom stereocenters. The number of ether oxygens (including phenoxy) is 2. The molecule has 4 rings (SSSR count). The first-order valence-electron chi connectivity index (χ1n) is 14.0. The highest BCUT2D eigenvalue weighted by atomic mass is 32.2. The summed E-state index contributed by atoms with van der Waals surface area (Å²) >= 11 is 3.43. The molecule has 264 valence electrons. The number of aliphatic carboxylic acids is 1. The Balaban J connectivity index is 0. The smallest absolute Gasteiger partial charge is 0.315 e. The molecule has 14 nitrogen and oxygen atoms in total. The van der Waals surface area contributed by atoms with Gasteiger partial charge in [0, 0.05) is 54.5 Å². The molecule has 4 saturated heterocycles. The molecule has 0 radical (unpaired) electrons. The van der Waals surface area contributed by atoms with Gasteiger partial charge in [0.2, 0.25) is 11.8 Å². The number of urea groups is 2. The molecule has 0 saturated carbocycles. The van der Waals surface area contributed by atoms with Crippen LogP contribution in [0.3, 0.4) is 0 Å². The van der Waals surface area contributed by atoms with Crippen molar-refractivity contribution in [1.82, 2.24) is 31.9 Å². The van der Waals surface area contributed by atoms with Crippen molar-refractivity contribution >= 4 is 53.4 Å². The van der Waals surface area contributed by atoms with E-state index in [1.165, 1.54) is 0 Å². The summed E-state index contributed by atoms with van der Waals surface area (Å²) in [5, 5.41) is 25.7. The number of carbonyl (C=O) groups is 5. The number of fused-ring (bicyclic) bond motifs is 2. The Morgan fingerprint density at radius 3 is 1.62 bits per heavy atom. The fraction of sp³-hybridized carbons (Fsp3) is 0.828. The lowest BCUT2D eigenvalue weighted by Crippen LogP contribution is -2.40. The Bertz CT molecular complexity index is 918. The van der Waals surface area contributed by atoms with Crippen molar-refractivity contribution in [3.05, 3.63) is 0 Å². The summed E-state index contributed by atoms with van der Waals surface area (Å²) in [6, 6.07) is 0.0963. The third-order valence-electron chi connectivity index (χ3n) is 6.89. The van der Waals surface area contributed by atoms with E-state index in [0.29, 0.717) is 39.1 Å². The molecule has 4 heterocycles. The Hall–Kier alpha value is -2.43. The molecule has 16 heteroatoms. The molecule has 0 aliphatic carbocycles. The van der Waals surface area contributed by atoms with E-state index < -0.39 is 5.97 Å². The van der Waals surface area contributed by atoms with E-state index in [2.05, 4.69) is 38.8 Å². The molecule has 0 aromatic heterocycles. The van der Waals surface area contributed by atoms with Gasteiger partial charge < -0.3 is 46.5 Å². The lowest BCUT2D eigenvalue weighted by molar-refractivity contribution is -0.138. The van der Waals surface area contributed by atoms with Gasteiger partial charge in [-0.15, -0.1) is 0 Å². The van der Waals surface area contributed by atoms with Gasteiger partial charge in [0.25, 0.3) is 0 Å². The average Bonchev–Trinajstić information content (AvgIpc) is 3.67. The molecule has 2 unspecified atom stereocenters. The van der Waals surface area contributed by atoms with E-state index in [1.807, 2.05) is 0 Å². The van der Waals surface area contributed by atoms with Crippen molar-refractivity contribution in [2.24, 2.45) is 0 Å². The standard InChI is InChI=1S/C13H23N3O3S.C12H19N3O5S.4CH4/c1-2-3-5-19-6-4-14-11(17)7-10-12-9(8-20-10)15-13(18)16-12;16-9(13-2-4-20-3-1-10(17)18)5-8-11-7(6-21-8)14-12(19)15-11;;;;/h9-10,12H,2-8H2,1H3,(H,14,17)(H2,15,16,18);7-8,11H,1-6H2,(H,13,16)(H,17,18)(H2,14,15,19);4*1H4/t9-,10?,12-;7-,8?,11-;;;;/m00..../s1. The lowest BCUT2D eigenvalue weighted by atomic mass is 10.1. The predicted octanol–water partition coefficient (Wildman–Crippen LogP) is 2.17. The zero-order chi connectivity index (χ0) is 29.6. The second-order valence-corrected chi connectivity index (χ2v) is 12.6. The third-order valence-corrected chi connectivity index (χ3v) is 9.77. The van der Waals surface area contributed by atoms with Crippen LogP contribution in [0.4, 0.5) is 9.59 Å². The molecule has 0 bridgehead atoms. The number of hydrogen-bond acceptors (Lipinski definition) is 9. The van der Waals surface area contributed by atoms with E-state index in [-0.39, 0.29) is 101 Å². The molecule has 0 aromatic rings. The first kappa shape index (κ1) is 44.7. The van der Waals surface area contributed by atoms with E-state index in [1.54, 1.807) is 23.5 Å². The molecule has 6 amide bonds. The number of carbonyl (C=O) groups excluding carboxylic acids is 4. The van der Waals surface area contributed by atoms with Crippen LogP contribution in [0.15, 0.2) is 0 Å². The van der Waals surface area contributed by atoms with Gasteiger partial charge in [-0.1, -0.05) is 43.1 Å². The highest BCUT2D eigenvalue weighted by Crippen LogP contribution is 2.32. The van der Waals surface area contributed by atoms with Gasteiger partial charge in [-0.05, 0) is 6.42 Å². The number of nitrogens with one attached hydrogen (secondary N) is 6. The first-order valence-corrected chi connectivity index (χ1v) is 16.1. The quantitative estimate of drug-likeness (QED) is 0.0936. The van der Waals surface area contributed by atoms with Crippen LogP contribution in [0.1, 0.15) is 68.7 Å². The van der Waals surface area contributed by atoms with Crippen molar-refractivity contribution in [3.63, 3.8) is 0 Å². The Kier molecular flexibility index (Phi) is 23.7. The minimum atomic E-state index is -0.904. The Morgan fingerprint density at radius 2 is 1.20 bits per heavy atom. The van der Waals surface area contributed by atoms with Crippen LogP contribution in [0.2, 0.25) is 0 Å². The first-order chi connectivity index (χ1) is 19.8. The van der Waals surface area contributed by atoms with Crippen LogP contribution in [0.25, 0.3) is 0 Å². The maximum absolute atomic E-state index is 11.8. The average molecular weight is 683 g/mol. The predicted molar refractivity (Wildman–Crippen MR) is 182 cm³/mol. The van der Waals surface area contributed by atoms with Gasteiger partial charge in [-0.3, -0.25) is 14.4 Å². The molecular formula is C29H58N6O8S2. The highest BCUT2D eigenvalue weighted by Gasteiger charge is 2.44. The second kappa shape index (κ2) is 23.8. The van der Waals surface area contributed by atoms with E-state index in [4.69, 9.17) is 14.6 Å². The fourth-order valence-electron chi connectivity index (χ4n) is 4.78. The maximum atomic E-state index is 11.8. The van der Waals surface area contributed by atoms with Crippen molar-refractivity contribution in [3.8, 4) is 0 Å². The maximum Gasteiger partial charge on any atom is 0.315 e. The number of rotatable bonds is 16. The molecule has 0 aromatic carbocycles. The number of unbranched alkanes of at least 4 members (excludes halogenated alkanes) is 1. The van der Waals surface area contributed by atoms with Crippen molar-refractivity contribution in [2.45, 2.75) is 103 Å². The van der Waals surface area contributed by atoms with Crippen LogP contribution in [-0.2, 0) is 23.9 Å². The van der Waals surface area contributed by atoms with Crippen molar-refractivity contribution in [2.75, 3.05) is 51.0 Å². The largest absolute Gasteiger partial charge is 0.481 e. The van der Waals surface area contributed by atoms with Crippen LogP contribution in [0, 0.1) is 0 Å². The number of carboxylic acids is 1. The summed E-state index contributed by atoms with van der Waals surface area (Å²) in [7, 11) is 0. The number of amides is 6. The van der Waals surface area contributed by atoms with Gasteiger partial charge in [-0.2, -0.15) is 23.5 Å². The third kappa shape index (κ3) is 15.6. The molecular weight excluding hydrogens is 624 g/mol. The van der Waals surface area contributed by atoms with Gasteiger partial charge in [-0.25, -0.2) is 9.59 Å². The van der Waals surface area contributed by atoms with Crippen LogP contribution < -0.4 is 31.9 Å². The molecule has 45 heavy (non-hydrogen) atoms. The number of carboxylic acid groups (broad SMARTS) is 1. The molecule has 7 N–H and O–H groups in total. The highest BCUT2D eigenvalue weighted by molar-refractivity contribution is 8.00. The van der Waals surface area contributed by atoms with E-state index >= 15 is 0 Å². The van der Waals surface area contributed by atoms with Crippen molar-refractivity contribution < 1.29 is 38.6 Å². The SMILES string of the molecule is C.C.C.C.CCCCOCCNC(=O)CC1SC[C@@H]2NC(=O)N[C@H]12.O=C(O)CCOCCNC(=O)CC1SC[C@@H]2NC(=O)N[C@H]12. The summed E-state index contributed by atoms with van der Waals surface area (Å²) in [6.45, 7) is 4.79. The molecule has 4 aliphatic rings. The van der Waals surface area contributed by atoms with Crippen molar-refractivity contribution in [1.29, 1.82) is 0 Å². The van der Waals surface area contributed by atoms with Crippen LogP contribution >= 0.6 is 23.5 Å². The molecule has 4 fully saturated rings. The Labute approximate surface area is 277 Å². The van der Waals surface area contributed by atoms with Gasteiger partial charge in [0.05, 0.1) is 50.4 Å². The minimum absolute atomic E-state index is 0. The van der Waals surface area contributed by atoms with Gasteiger partial charge in [0.1, 0.15) is 0 Å². The van der Waals surface area contributed by atoms with Crippen LogP contribution in [0.5, 0.6) is 0 Å². The van der Waals surface area contributed by atoms with Gasteiger partial charge in [0.15, 0.2) is 0 Å². The Morgan fingerprint density at radius 1 is 0.756 bits per heavy atom. The molecule has 4 aliphatic heterocycles. The van der Waals surface area contributed by atoms with E-state index in [0.717, 1.165) is 31.0 Å². The normalized spacial score (nSPS) is 24.9.